The molecule has 1 saturated heterocycles. The van der Waals surface area contributed by atoms with Gasteiger partial charge in [-0.05, 0) is 147 Å². The fourth-order valence-electron chi connectivity index (χ4n) is 12.1. The third-order valence-electron chi connectivity index (χ3n) is 17.9. The third-order valence-corrected chi connectivity index (χ3v) is 18.1. The van der Waals surface area contributed by atoms with E-state index < -0.39 is 132 Å². The van der Waals surface area contributed by atoms with Crippen LogP contribution in [0.2, 0.25) is 5.02 Å². The smallest absolute Gasteiger partial charge is 0.245 e. The van der Waals surface area contributed by atoms with Gasteiger partial charge in [-0.2, -0.15) is 0 Å². The molecule has 562 valence electrons. The average molecular weight is 1470 g/mol. The lowest BCUT2D eigenvalue weighted by molar-refractivity contribution is -0.142. The minimum atomic E-state index is -1.82. The summed E-state index contributed by atoms with van der Waals surface area (Å²) in [7, 11) is 5.22. The molecule has 0 saturated carbocycles. The molecule has 2 heterocycles. The first kappa shape index (κ1) is 81.6. The number of fused-ring (bicyclic) bond motifs is 1. The van der Waals surface area contributed by atoms with Gasteiger partial charge in [0.05, 0.1) is 13.7 Å². The van der Waals surface area contributed by atoms with Crippen LogP contribution in [-0.2, 0) is 84.8 Å². The number of rotatable bonds is 38. The van der Waals surface area contributed by atoms with E-state index in [-0.39, 0.29) is 63.3 Å². The van der Waals surface area contributed by atoms with Crippen molar-refractivity contribution >= 4 is 98.7 Å². The molecule has 0 spiro atoms. The van der Waals surface area contributed by atoms with Crippen LogP contribution in [0, 0.1) is 5.92 Å². The summed E-state index contributed by atoms with van der Waals surface area (Å²) in [5.74, 6) is -8.54. The van der Waals surface area contributed by atoms with Gasteiger partial charge in [-0.3, -0.25) is 52.7 Å². The van der Waals surface area contributed by atoms with Gasteiger partial charge in [0.1, 0.15) is 60.4 Å². The van der Waals surface area contributed by atoms with E-state index in [0.717, 1.165) is 10.8 Å². The number of carbonyl (C=O) groups excluding carboxylic acids is 11. The van der Waals surface area contributed by atoms with Crippen molar-refractivity contribution in [1.82, 2.24) is 62.6 Å². The van der Waals surface area contributed by atoms with Crippen LogP contribution < -0.4 is 69.8 Å². The maximum Gasteiger partial charge on any atom is 0.245 e. The third kappa shape index (κ3) is 25.6. The number of unbranched alkanes of at least 4 members (excludes halogenated alkanes) is 1. The number of hydrogen-bond donors (Lipinski definition) is 13. The average Bonchev–Trinajstić information content (AvgIpc) is 1.77. The summed E-state index contributed by atoms with van der Waals surface area (Å²) in [5, 5.41) is 37.8. The molecule has 1 aliphatic heterocycles. The molecule has 0 bridgehead atoms. The Morgan fingerprint density at radius 1 is 0.552 bits per heavy atom. The fourth-order valence-corrected chi connectivity index (χ4v) is 12.3. The van der Waals surface area contributed by atoms with E-state index in [9.17, 15) is 48.3 Å². The van der Waals surface area contributed by atoms with Crippen LogP contribution in [0.25, 0.3) is 10.8 Å². The number of aliphatic hydroxyl groups excluding tert-OH is 1. The lowest BCUT2D eigenvalue weighted by Gasteiger charge is -2.31. The van der Waals surface area contributed by atoms with Gasteiger partial charge < -0.3 is 84.7 Å². The lowest BCUT2D eigenvalue weighted by atomic mass is 9.99. The van der Waals surface area contributed by atoms with Crippen molar-refractivity contribution in [1.29, 1.82) is 0 Å². The van der Waals surface area contributed by atoms with Crippen molar-refractivity contribution in [3.8, 4) is 5.88 Å². The molecule has 10 atom stereocenters. The standard InChI is InChI=1S/C76H98ClN15O13/c1-44(2)35-58(68(96)84-57(15-10-11-33-91(5)6)76(104)92-34-12-16-65(92)75(103)82-45(3)67(80)95)85-70(98)61(38-48-20-28-55(78)29-21-48)87-72(100)62(39-49-22-30-56(79)31-23-49)89-74(102)64(43-93)90-73(101)63(41-51-24-32-66(105-7)81-42-51)88-71(99)60(37-47-18-26-54(77)27-19-47)86-69(97)59(83-46(4)94)40-50-17-25-52-13-8-9-14-53(52)36-50/h8-9,13-14,17-32,36,42,44-45,57-65,93H,10-12,15-16,33-35,37-41,43,78-79H2,1-7H3,(H2,80,95)(H,82,103)(H,83,94)(H,84,96)(H,85,98)(H,86,97)(H,87,100)(H,88,99)(H,89,102)(H,90,101)/t45-,57+,58+,59-,60-,61-,62+,63+,64+,65+/m1/s1. The van der Waals surface area contributed by atoms with Crippen molar-refractivity contribution in [3.05, 3.63) is 166 Å². The second-order valence-electron chi connectivity index (χ2n) is 27.1. The lowest BCUT2D eigenvalue weighted by Crippen LogP contribution is -2.62. The predicted molar refractivity (Wildman–Crippen MR) is 398 cm³/mol. The Hall–Kier alpha value is -10.7. The van der Waals surface area contributed by atoms with E-state index in [2.05, 4.69) is 52.8 Å². The van der Waals surface area contributed by atoms with Gasteiger partial charge in [-0.15, -0.1) is 0 Å². The minimum absolute atomic E-state index is 0.0336. The number of aromatic nitrogens is 1. The number of pyridine rings is 1. The van der Waals surface area contributed by atoms with E-state index >= 15 is 9.59 Å². The van der Waals surface area contributed by atoms with Crippen LogP contribution >= 0.6 is 11.6 Å². The molecular formula is C76H98ClN15O13. The predicted octanol–water partition coefficient (Wildman–Crippen LogP) is 2.22. The van der Waals surface area contributed by atoms with Gasteiger partial charge >= 0.3 is 0 Å². The molecule has 1 fully saturated rings. The number of nitrogen functional groups attached to an aromatic ring is 2. The van der Waals surface area contributed by atoms with Gasteiger partial charge in [0.15, 0.2) is 0 Å². The monoisotopic (exact) mass is 1460 g/mol. The summed E-state index contributed by atoms with van der Waals surface area (Å²) in [6, 6.07) is 22.2. The number of hydrogen-bond acceptors (Lipinski definition) is 17. The molecule has 1 aromatic heterocycles. The van der Waals surface area contributed by atoms with Crippen LogP contribution in [0.1, 0.15) is 94.0 Å². The second kappa shape index (κ2) is 39.8. The number of primary amides is 1. The van der Waals surface area contributed by atoms with Crippen LogP contribution in [0.15, 0.2) is 134 Å². The molecule has 6 aromatic rings. The Kier molecular flexibility index (Phi) is 30.9. The minimum Gasteiger partial charge on any atom is -0.481 e. The van der Waals surface area contributed by atoms with Crippen molar-refractivity contribution < 1.29 is 62.6 Å². The molecule has 16 N–H and O–H groups in total. The van der Waals surface area contributed by atoms with E-state index in [0.29, 0.717) is 76.4 Å². The number of benzene rings is 5. The Morgan fingerprint density at radius 3 is 1.47 bits per heavy atom. The first-order chi connectivity index (χ1) is 50.1. The molecule has 105 heavy (non-hydrogen) atoms. The Labute approximate surface area is 616 Å². The van der Waals surface area contributed by atoms with Crippen molar-refractivity contribution in [2.24, 2.45) is 11.7 Å². The molecule has 11 amide bonds. The molecule has 0 unspecified atom stereocenters. The molecule has 0 radical (unpaired) electrons. The summed E-state index contributed by atoms with van der Waals surface area (Å²) in [6.07, 6.45) is 2.72. The maximum absolute atomic E-state index is 15.1. The number of likely N-dealkylation sites (tertiary alicyclic amines) is 1. The topological polar surface area (TPSA) is 423 Å². The molecule has 28 nitrogen and oxygen atoms in total. The van der Waals surface area contributed by atoms with E-state index in [1.807, 2.05) is 75.3 Å². The second-order valence-corrected chi connectivity index (χ2v) is 27.6. The summed E-state index contributed by atoms with van der Waals surface area (Å²) in [4.78, 5) is 164. The number of ether oxygens (including phenoxy) is 1. The molecule has 1 aliphatic rings. The first-order valence-corrected chi connectivity index (χ1v) is 35.4. The van der Waals surface area contributed by atoms with Crippen molar-refractivity contribution in [2.75, 3.05) is 52.4 Å². The normalized spacial score (nSPS) is 15.3. The number of halogens is 1. The molecule has 7 rings (SSSR count). The van der Waals surface area contributed by atoms with E-state index in [1.54, 1.807) is 78.9 Å². The zero-order chi connectivity index (χ0) is 76.4. The Morgan fingerprint density at radius 2 is 0.990 bits per heavy atom. The van der Waals surface area contributed by atoms with Crippen LogP contribution in [0.5, 0.6) is 5.88 Å². The highest BCUT2D eigenvalue weighted by molar-refractivity contribution is 6.30. The quantitative estimate of drug-likeness (QED) is 0.0195. The molecule has 5 aromatic carbocycles. The SMILES string of the molecule is COc1ccc(C[C@H](NC(=O)[C@@H](Cc2ccc(Cl)cc2)NC(=O)[C@@H](Cc2ccc3ccccc3c2)NC(C)=O)C(=O)N[C@@H](CO)C(=O)N[C@@H](Cc2ccc(N)cc2)C(=O)N[C@H](Cc2ccc(N)cc2)C(=O)N[C@@H](CC(C)C)C(=O)N[C@@H](CCCCN(C)C)C(=O)N2CCC[C@H]2C(=O)N[C@H](C)C(N)=O)cn1. The zero-order valence-electron chi connectivity index (χ0n) is 60.2. The van der Waals surface area contributed by atoms with Gasteiger partial charge in [-0.25, -0.2) is 4.98 Å². The Bertz CT molecular complexity index is 3980. The number of nitrogens with two attached hydrogens (primary N) is 3. The summed E-state index contributed by atoms with van der Waals surface area (Å²) in [5.41, 5.74) is 21.0. The summed E-state index contributed by atoms with van der Waals surface area (Å²) in [6.45, 7) is 6.17. The number of anilines is 2. The highest BCUT2D eigenvalue weighted by Crippen LogP contribution is 2.23. The van der Waals surface area contributed by atoms with Gasteiger partial charge in [-0.1, -0.05) is 110 Å². The van der Waals surface area contributed by atoms with Crippen molar-refractivity contribution in [2.45, 2.75) is 159 Å². The zero-order valence-corrected chi connectivity index (χ0v) is 61.0. The number of methoxy groups -OCH3 is 1. The van der Waals surface area contributed by atoms with Crippen LogP contribution in [0.3, 0.4) is 0 Å². The van der Waals surface area contributed by atoms with Gasteiger partial charge in [0.25, 0.3) is 0 Å². The highest BCUT2D eigenvalue weighted by Gasteiger charge is 2.40. The summed E-state index contributed by atoms with van der Waals surface area (Å²) < 4.78 is 5.26. The van der Waals surface area contributed by atoms with E-state index in [1.165, 1.54) is 38.1 Å². The number of nitrogens with one attached hydrogen (secondary N) is 9. The van der Waals surface area contributed by atoms with Crippen LogP contribution in [0.4, 0.5) is 11.4 Å². The number of carbonyl (C=O) groups is 11. The van der Waals surface area contributed by atoms with E-state index in [4.69, 9.17) is 33.5 Å². The van der Waals surface area contributed by atoms with Gasteiger partial charge in [0.2, 0.25) is 70.9 Å². The number of amides is 11. The Balaban J connectivity index is 1.15. The highest BCUT2D eigenvalue weighted by atomic mass is 35.5. The largest absolute Gasteiger partial charge is 0.481 e. The maximum atomic E-state index is 15.1. The fraction of sp³-hybridized carbons (Fsp3) is 0.421. The van der Waals surface area contributed by atoms with Crippen molar-refractivity contribution in [3.63, 3.8) is 0 Å². The number of aliphatic hydroxyl groups is 1. The van der Waals surface area contributed by atoms with Gasteiger partial charge in [0, 0.05) is 74.2 Å². The first-order valence-electron chi connectivity index (χ1n) is 35.0. The summed E-state index contributed by atoms with van der Waals surface area (Å²) >= 11 is 6.26. The molecular weight excluding hydrogens is 1370 g/mol. The molecule has 0 aliphatic carbocycles. The van der Waals surface area contributed by atoms with Crippen LogP contribution in [-0.4, -0.2) is 186 Å². The number of nitrogens with zero attached hydrogens (tertiary/aromatic N) is 3. The molecule has 29 heteroatoms.